The molecule has 0 atom stereocenters. The Bertz CT molecular complexity index is 622. The van der Waals surface area contributed by atoms with Crippen molar-refractivity contribution >= 4 is 34.5 Å². The summed E-state index contributed by atoms with van der Waals surface area (Å²) in [5, 5.41) is 2.62. The Morgan fingerprint density at radius 2 is 1.84 bits per heavy atom. The summed E-state index contributed by atoms with van der Waals surface area (Å²) in [5.41, 5.74) is 9.14. The van der Waals surface area contributed by atoms with E-state index in [9.17, 15) is 0 Å². The average Bonchev–Trinajstić information content (AvgIpc) is 2.85. The van der Waals surface area contributed by atoms with E-state index in [0.29, 0.717) is 5.02 Å². The van der Waals surface area contributed by atoms with Crippen LogP contribution in [0.5, 0.6) is 0 Å². The van der Waals surface area contributed by atoms with Gasteiger partial charge in [0.15, 0.2) is 0 Å². The van der Waals surface area contributed by atoms with Crippen molar-refractivity contribution in [3.05, 3.63) is 53.6 Å². The Morgan fingerprint density at radius 3 is 2.63 bits per heavy atom. The molecule has 96 valence electrons. The van der Waals surface area contributed by atoms with Gasteiger partial charge in [-0.15, -0.1) is 5.53 Å². The first-order chi connectivity index (χ1) is 9.24. The highest BCUT2D eigenvalue weighted by Gasteiger charge is 2.19. The van der Waals surface area contributed by atoms with E-state index in [1.807, 2.05) is 60.5 Å². The minimum atomic E-state index is 0.711. The zero-order chi connectivity index (χ0) is 13.2. The van der Waals surface area contributed by atoms with E-state index in [1.54, 1.807) is 0 Å². The summed E-state index contributed by atoms with van der Waals surface area (Å²) in [7, 11) is 0. The number of halogens is 1. The molecule has 2 N–H and O–H groups in total. The molecule has 0 aromatic heterocycles. The minimum absolute atomic E-state index is 0.711. The Hall–Kier alpha value is -2.04. The molecule has 0 saturated carbocycles. The number of rotatable bonds is 1. The van der Waals surface area contributed by atoms with Gasteiger partial charge in [0.05, 0.1) is 17.1 Å². The van der Waals surface area contributed by atoms with Crippen LogP contribution >= 0.6 is 11.6 Å². The molecule has 4 nitrogen and oxygen atoms in total. The van der Waals surface area contributed by atoms with Crippen LogP contribution in [0.15, 0.2) is 53.5 Å². The molecular weight excluding hydrogens is 260 g/mol. The molecule has 2 aromatic rings. The van der Waals surface area contributed by atoms with Gasteiger partial charge in [0.1, 0.15) is 5.84 Å². The normalized spacial score (nSPS) is 14.2. The molecule has 0 unspecified atom stereocenters. The predicted molar refractivity (Wildman–Crippen MR) is 79.9 cm³/mol. The summed E-state index contributed by atoms with van der Waals surface area (Å²) in [6, 6.07) is 15.5. The van der Waals surface area contributed by atoms with Gasteiger partial charge in [0.2, 0.25) is 0 Å². The van der Waals surface area contributed by atoms with Crippen molar-refractivity contribution in [2.24, 2.45) is 4.99 Å². The summed E-state index contributed by atoms with van der Waals surface area (Å²) in [4.78, 5) is 4.56. The van der Waals surface area contributed by atoms with E-state index < -0.39 is 0 Å². The number of hydrogen-bond donors (Lipinski definition) is 2. The van der Waals surface area contributed by atoms with Gasteiger partial charge in [-0.1, -0.05) is 23.7 Å². The maximum absolute atomic E-state index is 5.86. The van der Waals surface area contributed by atoms with E-state index in [4.69, 9.17) is 11.6 Å². The number of para-hydroxylation sites is 2. The number of nitrogens with one attached hydrogen (secondary N) is 2. The van der Waals surface area contributed by atoms with E-state index >= 15 is 0 Å². The first kappa shape index (κ1) is 12.0. The Kier molecular flexibility index (Phi) is 3.11. The van der Waals surface area contributed by atoms with Crippen LogP contribution in [0.1, 0.15) is 6.92 Å². The summed E-state index contributed by atoms with van der Waals surface area (Å²) < 4.78 is 0. The lowest BCUT2D eigenvalue weighted by Crippen LogP contribution is -2.39. The van der Waals surface area contributed by atoms with Crippen LogP contribution in [0.4, 0.5) is 17.1 Å². The summed E-state index contributed by atoms with van der Waals surface area (Å²) in [6.45, 7) is 1.95. The summed E-state index contributed by atoms with van der Waals surface area (Å²) >= 11 is 5.86. The summed E-state index contributed by atoms with van der Waals surface area (Å²) in [5.74, 6) is 0.847. The van der Waals surface area contributed by atoms with Gasteiger partial charge in [-0.05, 0) is 43.3 Å². The van der Waals surface area contributed by atoms with E-state index in [1.165, 1.54) is 0 Å². The monoisotopic (exact) mass is 272 g/mol. The van der Waals surface area contributed by atoms with E-state index in [2.05, 4.69) is 16.0 Å². The lowest BCUT2D eigenvalue weighted by molar-refractivity contribution is 0.883. The van der Waals surface area contributed by atoms with Gasteiger partial charge < -0.3 is 5.43 Å². The third-order valence-corrected chi connectivity index (χ3v) is 3.14. The van der Waals surface area contributed by atoms with Crippen molar-refractivity contribution in [2.75, 3.05) is 10.4 Å². The highest BCUT2D eigenvalue weighted by Crippen LogP contribution is 2.29. The standard InChI is InChI=1S/C14H13ClN4/c1-10(16-12-8-6-11(15)7-9-12)19-14-5-3-2-4-13(14)17-18-19/h2-9,17-18H,1H3. The molecule has 1 aliphatic rings. The number of hydrazine groups is 2. The maximum Gasteiger partial charge on any atom is 0.123 e. The fourth-order valence-corrected chi connectivity index (χ4v) is 2.08. The zero-order valence-corrected chi connectivity index (χ0v) is 11.1. The topological polar surface area (TPSA) is 39.7 Å². The van der Waals surface area contributed by atoms with E-state index in [0.717, 1.165) is 22.9 Å². The molecule has 5 heteroatoms. The van der Waals surface area contributed by atoms with Crippen LogP contribution in [-0.4, -0.2) is 5.84 Å². The first-order valence-electron chi connectivity index (χ1n) is 5.96. The molecule has 0 fully saturated rings. The molecule has 19 heavy (non-hydrogen) atoms. The fourth-order valence-electron chi connectivity index (χ4n) is 1.96. The number of aliphatic imine (C=N–C) groups is 1. The van der Waals surface area contributed by atoms with Gasteiger partial charge >= 0.3 is 0 Å². The van der Waals surface area contributed by atoms with Crippen LogP contribution in [0.25, 0.3) is 0 Å². The minimum Gasteiger partial charge on any atom is -0.301 e. The number of hydrogen-bond acceptors (Lipinski definition) is 3. The molecule has 1 heterocycles. The van der Waals surface area contributed by atoms with Crippen molar-refractivity contribution in [1.82, 2.24) is 5.53 Å². The lowest BCUT2D eigenvalue weighted by Gasteiger charge is -2.17. The average molecular weight is 273 g/mol. The molecule has 1 aliphatic heterocycles. The largest absolute Gasteiger partial charge is 0.301 e. The van der Waals surface area contributed by atoms with Crippen molar-refractivity contribution in [2.45, 2.75) is 6.92 Å². The Balaban J connectivity index is 1.89. The molecular formula is C14H13ClN4. The molecule has 0 bridgehead atoms. The van der Waals surface area contributed by atoms with Gasteiger partial charge in [-0.25, -0.2) is 10.0 Å². The van der Waals surface area contributed by atoms with Crippen LogP contribution in [-0.2, 0) is 0 Å². The number of benzene rings is 2. The number of fused-ring (bicyclic) bond motifs is 1. The molecule has 2 aromatic carbocycles. The highest BCUT2D eigenvalue weighted by molar-refractivity contribution is 6.30. The second-order valence-electron chi connectivity index (χ2n) is 4.22. The van der Waals surface area contributed by atoms with Crippen molar-refractivity contribution in [1.29, 1.82) is 0 Å². The Morgan fingerprint density at radius 1 is 1.11 bits per heavy atom. The predicted octanol–water partition coefficient (Wildman–Crippen LogP) is 3.74. The number of anilines is 2. The Labute approximate surface area is 116 Å². The highest BCUT2D eigenvalue weighted by atomic mass is 35.5. The van der Waals surface area contributed by atoms with Crippen molar-refractivity contribution in [3.8, 4) is 0 Å². The first-order valence-corrected chi connectivity index (χ1v) is 6.33. The van der Waals surface area contributed by atoms with E-state index in [-0.39, 0.29) is 0 Å². The molecule has 0 amide bonds. The van der Waals surface area contributed by atoms with Crippen LogP contribution in [0.2, 0.25) is 5.02 Å². The third kappa shape index (κ3) is 2.41. The smallest absolute Gasteiger partial charge is 0.123 e. The third-order valence-electron chi connectivity index (χ3n) is 2.89. The quantitative estimate of drug-likeness (QED) is 0.614. The molecule has 3 rings (SSSR count). The van der Waals surface area contributed by atoms with Gasteiger partial charge in [0.25, 0.3) is 0 Å². The zero-order valence-electron chi connectivity index (χ0n) is 10.4. The fraction of sp³-hybridized carbons (Fsp3) is 0.0714. The van der Waals surface area contributed by atoms with Crippen molar-refractivity contribution < 1.29 is 0 Å². The molecule has 0 saturated heterocycles. The molecule has 0 spiro atoms. The maximum atomic E-state index is 5.86. The van der Waals surface area contributed by atoms with Crippen LogP contribution < -0.4 is 16.0 Å². The number of nitrogens with zero attached hydrogens (tertiary/aromatic N) is 2. The second kappa shape index (κ2) is 4.91. The van der Waals surface area contributed by atoms with Gasteiger partial charge in [-0.2, -0.15) is 0 Å². The lowest BCUT2D eigenvalue weighted by atomic mass is 10.2. The van der Waals surface area contributed by atoms with Crippen LogP contribution in [0.3, 0.4) is 0 Å². The number of amidine groups is 1. The second-order valence-corrected chi connectivity index (χ2v) is 4.66. The SMILES string of the molecule is CC(=Nc1ccc(Cl)cc1)N1NNc2ccccc21. The van der Waals surface area contributed by atoms with Gasteiger partial charge in [0, 0.05) is 5.02 Å². The van der Waals surface area contributed by atoms with Gasteiger partial charge in [-0.3, -0.25) is 0 Å². The van der Waals surface area contributed by atoms with Crippen LogP contribution in [0, 0.1) is 0 Å². The molecule has 0 radical (unpaired) electrons. The molecule has 0 aliphatic carbocycles. The summed E-state index contributed by atoms with van der Waals surface area (Å²) in [6.07, 6.45) is 0. The van der Waals surface area contributed by atoms with Crippen molar-refractivity contribution in [3.63, 3.8) is 0 Å².